The van der Waals surface area contributed by atoms with Crippen LogP contribution in [0.1, 0.15) is 5.56 Å². The molecule has 0 atom stereocenters. The summed E-state index contributed by atoms with van der Waals surface area (Å²) in [6.07, 6.45) is -3.42. The van der Waals surface area contributed by atoms with Crippen molar-refractivity contribution < 1.29 is 23.1 Å². The van der Waals surface area contributed by atoms with E-state index in [-0.39, 0.29) is 31.9 Å². The number of amides is 1. The third-order valence-corrected chi connectivity index (χ3v) is 2.99. The molecular formula is C11H12F3N3O2. The topological polar surface area (TPSA) is 56.7 Å². The lowest BCUT2D eigenvalue weighted by Gasteiger charge is -2.35. The van der Waals surface area contributed by atoms with Crippen molar-refractivity contribution >= 4 is 11.8 Å². The highest BCUT2D eigenvalue weighted by molar-refractivity contribution is 5.65. The number of anilines is 1. The van der Waals surface area contributed by atoms with Crippen molar-refractivity contribution in [2.24, 2.45) is 0 Å². The molecule has 1 fully saturated rings. The van der Waals surface area contributed by atoms with Crippen LogP contribution in [0.4, 0.5) is 23.7 Å². The van der Waals surface area contributed by atoms with Gasteiger partial charge >= 0.3 is 12.3 Å². The molecule has 0 spiro atoms. The molecule has 0 unspecified atom stereocenters. The Hall–Kier alpha value is -1.99. The van der Waals surface area contributed by atoms with E-state index in [0.717, 1.165) is 6.20 Å². The summed E-state index contributed by atoms with van der Waals surface area (Å²) in [6, 6.07) is 1.30. The maximum absolute atomic E-state index is 12.8. The smallest absolute Gasteiger partial charge is 0.419 e. The van der Waals surface area contributed by atoms with Gasteiger partial charge in [0.2, 0.25) is 0 Å². The number of rotatable bonds is 1. The molecule has 1 saturated heterocycles. The summed E-state index contributed by atoms with van der Waals surface area (Å²) in [6.45, 7) is 0.850. The van der Waals surface area contributed by atoms with Crippen molar-refractivity contribution in [1.82, 2.24) is 9.88 Å². The van der Waals surface area contributed by atoms with Gasteiger partial charge in [-0.15, -0.1) is 0 Å². The minimum atomic E-state index is -4.46. The first kappa shape index (κ1) is 13.4. The summed E-state index contributed by atoms with van der Waals surface area (Å²) in [5, 5.41) is 8.80. The normalized spacial score (nSPS) is 16.6. The van der Waals surface area contributed by atoms with Gasteiger partial charge in [-0.1, -0.05) is 0 Å². The third-order valence-electron chi connectivity index (χ3n) is 2.99. The SMILES string of the molecule is O=C(O)N1CCN(c2ccncc2C(F)(F)F)CC1. The molecule has 0 saturated carbocycles. The highest BCUT2D eigenvalue weighted by atomic mass is 19.4. The summed E-state index contributed by atoms with van der Waals surface area (Å²) in [7, 11) is 0. The minimum Gasteiger partial charge on any atom is -0.465 e. The Morgan fingerprint density at radius 1 is 1.26 bits per heavy atom. The van der Waals surface area contributed by atoms with Gasteiger partial charge in [0, 0.05) is 38.6 Å². The lowest BCUT2D eigenvalue weighted by atomic mass is 10.2. The van der Waals surface area contributed by atoms with E-state index < -0.39 is 17.8 Å². The molecule has 1 aromatic heterocycles. The number of hydrogen-bond donors (Lipinski definition) is 1. The molecule has 1 aliphatic heterocycles. The van der Waals surface area contributed by atoms with E-state index in [0.29, 0.717) is 0 Å². The molecule has 1 aromatic rings. The zero-order valence-electron chi connectivity index (χ0n) is 9.89. The van der Waals surface area contributed by atoms with Gasteiger partial charge in [0.25, 0.3) is 0 Å². The van der Waals surface area contributed by atoms with Crippen molar-refractivity contribution in [1.29, 1.82) is 0 Å². The number of piperazine rings is 1. The fourth-order valence-corrected chi connectivity index (χ4v) is 2.02. The molecule has 1 N–H and O–H groups in total. The van der Waals surface area contributed by atoms with Crippen molar-refractivity contribution in [3.8, 4) is 0 Å². The number of carbonyl (C=O) groups is 1. The molecule has 0 aromatic carbocycles. The number of pyridine rings is 1. The van der Waals surface area contributed by atoms with Crippen LogP contribution >= 0.6 is 0 Å². The fourth-order valence-electron chi connectivity index (χ4n) is 2.02. The molecule has 8 heteroatoms. The average molecular weight is 275 g/mol. The lowest BCUT2D eigenvalue weighted by molar-refractivity contribution is -0.137. The van der Waals surface area contributed by atoms with E-state index in [1.165, 1.54) is 22.1 Å². The number of alkyl halides is 3. The van der Waals surface area contributed by atoms with Crippen LogP contribution in [-0.4, -0.2) is 47.3 Å². The standard InChI is InChI=1S/C11H12F3N3O2/c12-11(13,14)8-7-15-2-1-9(8)16-3-5-17(6-4-16)10(18)19/h1-2,7H,3-6H2,(H,18,19). The van der Waals surface area contributed by atoms with Gasteiger partial charge in [-0.05, 0) is 6.07 Å². The Bertz CT molecular complexity index is 470. The first-order chi connectivity index (χ1) is 8.89. The van der Waals surface area contributed by atoms with Gasteiger partial charge in [-0.2, -0.15) is 13.2 Å². The van der Waals surface area contributed by atoms with E-state index in [2.05, 4.69) is 4.98 Å². The predicted molar refractivity (Wildman–Crippen MR) is 61.0 cm³/mol. The second-order valence-electron chi connectivity index (χ2n) is 4.15. The number of nitrogens with zero attached hydrogens (tertiary/aromatic N) is 3. The van der Waals surface area contributed by atoms with Crippen LogP contribution in [0.5, 0.6) is 0 Å². The van der Waals surface area contributed by atoms with Crippen molar-refractivity contribution in [2.45, 2.75) is 6.18 Å². The molecule has 104 valence electrons. The van der Waals surface area contributed by atoms with E-state index in [1.807, 2.05) is 0 Å². The van der Waals surface area contributed by atoms with Gasteiger partial charge in [0.05, 0.1) is 11.3 Å². The summed E-state index contributed by atoms with van der Waals surface area (Å²) in [5.41, 5.74) is -0.744. The molecule has 0 radical (unpaired) electrons. The first-order valence-electron chi connectivity index (χ1n) is 5.63. The van der Waals surface area contributed by atoms with Crippen molar-refractivity contribution in [3.63, 3.8) is 0 Å². The Labute approximate surface area is 107 Å². The maximum atomic E-state index is 12.8. The van der Waals surface area contributed by atoms with E-state index in [4.69, 9.17) is 5.11 Å². The molecule has 19 heavy (non-hydrogen) atoms. The fraction of sp³-hybridized carbons (Fsp3) is 0.455. The highest BCUT2D eigenvalue weighted by Crippen LogP contribution is 2.36. The number of carboxylic acid groups (broad SMARTS) is 1. The summed E-state index contributed by atoms with van der Waals surface area (Å²) >= 11 is 0. The van der Waals surface area contributed by atoms with Crippen molar-refractivity contribution in [3.05, 3.63) is 24.0 Å². The average Bonchev–Trinajstić information content (AvgIpc) is 2.38. The Morgan fingerprint density at radius 3 is 2.42 bits per heavy atom. The largest absolute Gasteiger partial charge is 0.465 e. The molecule has 2 rings (SSSR count). The maximum Gasteiger partial charge on any atom is 0.419 e. The van der Waals surface area contributed by atoms with Crippen LogP contribution < -0.4 is 4.90 Å². The number of halogens is 3. The monoisotopic (exact) mass is 275 g/mol. The van der Waals surface area contributed by atoms with Crippen LogP contribution in [0.3, 0.4) is 0 Å². The molecule has 0 aliphatic carbocycles. The van der Waals surface area contributed by atoms with Gasteiger partial charge in [-0.25, -0.2) is 4.79 Å². The zero-order chi connectivity index (χ0) is 14.0. The molecule has 1 amide bonds. The molecule has 2 heterocycles. The highest BCUT2D eigenvalue weighted by Gasteiger charge is 2.36. The van der Waals surface area contributed by atoms with E-state index in [9.17, 15) is 18.0 Å². The van der Waals surface area contributed by atoms with Gasteiger partial charge in [0.1, 0.15) is 0 Å². The van der Waals surface area contributed by atoms with Crippen LogP contribution in [-0.2, 0) is 6.18 Å². The molecule has 0 bridgehead atoms. The second-order valence-corrected chi connectivity index (χ2v) is 4.15. The van der Waals surface area contributed by atoms with Gasteiger partial charge in [-0.3, -0.25) is 4.98 Å². The Morgan fingerprint density at radius 2 is 1.89 bits per heavy atom. The van der Waals surface area contributed by atoms with Crippen LogP contribution in [0, 0.1) is 0 Å². The van der Waals surface area contributed by atoms with Crippen LogP contribution in [0.25, 0.3) is 0 Å². The van der Waals surface area contributed by atoms with Crippen LogP contribution in [0.2, 0.25) is 0 Å². The Balaban J connectivity index is 2.18. The lowest BCUT2D eigenvalue weighted by Crippen LogP contribution is -2.48. The summed E-state index contributed by atoms with van der Waals surface area (Å²) in [4.78, 5) is 17.0. The third kappa shape index (κ3) is 2.88. The molecule has 1 aliphatic rings. The quantitative estimate of drug-likeness (QED) is 0.850. The first-order valence-corrected chi connectivity index (χ1v) is 5.63. The summed E-state index contributed by atoms with van der Waals surface area (Å²) in [5.74, 6) is 0. The number of aromatic nitrogens is 1. The zero-order valence-corrected chi connectivity index (χ0v) is 9.89. The Kier molecular flexibility index (Phi) is 3.50. The van der Waals surface area contributed by atoms with Crippen LogP contribution in [0.15, 0.2) is 18.5 Å². The van der Waals surface area contributed by atoms with E-state index >= 15 is 0 Å². The second kappa shape index (κ2) is 4.94. The number of hydrogen-bond acceptors (Lipinski definition) is 3. The molecular weight excluding hydrogens is 263 g/mol. The summed E-state index contributed by atoms with van der Waals surface area (Å²) < 4.78 is 38.5. The van der Waals surface area contributed by atoms with Crippen molar-refractivity contribution in [2.75, 3.05) is 31.1 Å². The minimum absolute atomic E-state index is 0.0486. The van der Waals surface area contributed by atoms with E-state index in [1.54, 1.807) is 0 Å². The van der Waals surface area contributed by atoms with Gasteiger partial charge in [0.15, 0.2) is 0 Å². The van der Waals surface area contributed by atoms with Gasteiger partial charge < -0.3 is 14.9 Å². The predicted octanol–water partition coefficient (Wildman–Crippen LogP) is 1.90. The molecule has 5 nitrogen and oxygen atoms in total.